The Kier molecular flexibility index (Phi) is 4.03. The second-order valence-electron chi connectivity index (χ2n) is 3.77. The molecule has 1 N–H and O–H groups in total. The summed E-state index contributed by atoms with van der Waals surface area (Å²) in [6.45, 7) is 2.06. The molecule has 0 bridgehead atoms. The Labute approximate surface area is 109 Å². The van der Waals surface area contributed by atoms with Crippen LogP contribution in [0.15, 0.2) is 22.2 Å². The molecular weight excluding hydrogens is 258 g/mol. The predicted octanol–water partition coefficient (Wildman–Crippen LogP) is 4.27. The minimum absolute atomic E-state index is 0.320. The summed E-state index contributed by atoms with van der Waals surface area (Å²) in [5.74, 6) is 0. The van der Waals surface area contributed by atoms with Crippen molar-refractivity contribution in [2.24, 2.45) is 0 Å². The zero-order valence-electron chi connectivity index (χ0n) is 9.29. The molecule has 0 aliphatic rings. The van der Waals surface area contributed by atoms with Crippen molar-refractivity contribution in [1.29, 1.82) is 0 Å². The Morgan fingerprint density at radius 3 is 2.75 bits per heavy atom. The molecule has 1 nitrogen and oxygen atoms in total. The Balaban J connectivity index is 2.20. The van der Waals surface area contributed by atoms with Gasteiger partial charge in [0.15, 0.2) is 0 Å². The molecular formula is C12H14ClNS2. The van der Waals surface area contributed by atoms with Gasteiger partial charge in [0.2, 0.25) is 0 Å². The van der Waals surface area contributed by atoms with Crippen molar-refractivity contribution in [2.75, 3.05) is 7.05 Å². The zero-order valence-corrected chi connectivity index (χ0v) is 11.7. The van der Waals surface area contributed by atoms with E-state index in [1.54, 1.807) is 22.7 Å². The Morgan fingerprint density at radius 1 is 1.44 bits per heavy atom. The average Bonchev–Trinajstić information content (AvgIpc) is 2.88. The molecule has 4 heteroatoms. The molecule has 0 aromatic carbocycles. The maximum absolute atomic E-state index is 6.30. The second kappa shape index (κ2) is 5.32. The number of hydrogen-bond donors (Lipinski definition) is 1. The van der Waals surface area contributed by atoms with Crippen LogP contribution in [0.25, 0.3) is 0 Å². The molecule has 0 saturated carbocycles. The molecule has 0 aliphatic carbocycles. The normalized spacial score (nSPS) is 12.9. The van der Waals surface area contributed by atoms with Gasteiger partial charge in [0.05, 0.1) is 5.02 Å². The van der Waals surface area contributed by atoms with E-state index in [9.17, 15) is 0 Å². The van der Waals surface area contributed by atoms with Crippen molar-refractivity contribution < 1.29 is 0 Å². The van der Waals surface area contributed by atoms with Crippen LogP contribution in [0.3, 0.4) is 0 Å². The fourth-order valence-electron chi connectivity index (χ4n) is 1.66. The molecule has 86 valence electrons. The lowest BCUT2D eigenvalue weighted by molar-refractivity contribution is 0.603. The standard InChI is InChI=1S/C12H14ClNS2/c1-8-6-16-12(11(8)13)10(14-2)5-9-3-4-15-7-9/h3-4,6-7,10,14H,5H2,1-2H3. The molecule has 0 radical (unpaired) electrons. The molecule has 1 unspecified atom stereocenters. The van der Waals surface area contributed by atoms with Gasteiger partial charge in [-0.25, -0.2) is 0 Å². The van der Waals surface area contributed by atoms with Gasteiger partial charge >= 0.3 is 0 Å². The molecule has 0 aliphatic heterocycles. The first-order valence-corrected chi connectivity index (χ1v) is 7.34. The van der Waals surface area contributed by atoms with E-state index in [0.29, 0.717) is 6.04 Å². The monoisotopic (exact) mass is 271 g/mol. The van der Waals surface area contributed by atoms with Gasteiger partial charge in [0.1, 0.15) is 0 Å². The van der Waals surface area contributed by atoms with Gasteiger partial charge in [-0.1, -0.05) is 11.6 Å². The zero-order chi connectivity index (χ0) is 11.5. The van der Waals surface area contributed by atoms with Crippen LogP contribution < -0.4 is 5.32 Å². The largest absolute Gasteiger partial charge is 0.312 e. The topological polar surface area (TPSA) is 12.0 Å². The first-order chi connectivity index (χ1) is 7.72. The summed E-state index contributed by atoms with van der Waals surface area (Å²) in [7, 11) is 1.99. The van der Waals surface area contributed by atoms with E-state index in [4.69, 9.17) is 11.6 Å². The number of nitrogens with one attached hydrogen (secondary N) is 1. The third kappa shape index (κ3) is 2.48. The Bertz CT molecular complexity index is 448. The molecule has 0 saturated heterocycles. The van der Waals surface area contributed by atoms with Crippen molar-refractivity contribution in [1.82, 2.24) is 5.32 Å². The molecule has 2 aromatic heterocycles. The number of rotatable bonds is 4. The molecule has 0 fully saturated rings. The SMILES string of the molecule is CNC(Cc1ccsc1)c1scc(C)c1Cl. The molecule has 0 amide bonds. The molecule has 2 heterocycles. The summed E-state index contributed by atoms with van der Waals surface area (Å²) in [6.07, 6.45) is 1.000. The van der Waals surface area contributed by atoms with E-state index in [1.807, 2.05) is 7.05 Å². The minimum atomic E-state index is 0.320. The lowest BCUT2D eigenvalue weighted by Crippen LogP contribution is -2.17. The lowest BCUT2D eigenvalue weighted by Gasteiger charge is -2.14. The van der Waals surface area contributed by atoms with E-state index in [-0.39, 0.29) is 0 Å². The van der Waals surface area contributed by atoms with Crippen LogP contribution in [0.5, 0.6) is 0 Å². The van der Waals surface area contributed by atoms with Gasteiger partial charge in [-0.3, -0.25) is 0 Å². The molecule has 16 heavy (non-hydrogen) atoms. The summed E-state index contributed by atoms with van der Waals surface area (Å²) < 4.78 is 0. The highest BCUT2D eigenvalue weighted by Gasteiger charge is 2.16. The fourth-order valence-corrected chi connectivity index (χ4v) is 3.77. The van der Waals surface area contributed by atoms with E-state index in [0.717, 1.165) is 11.4 Å². The minimum Gasteiger partial charge on any atom is -0.312 e. The Morgan fingerprint density at radius 2 is 2.25 bits per heavy atom. The Hall–Kier alpha value is -0.350. The predicted molar refractivity (Wildman–Crippen MR) is 73.9 cm³/mol. The smallest absolute Gasteiger partial charge is 0.0590 e. The number of aryl methyl sites for hydroxylation is 1. The average molecular weight is 272 g/mol. The van der Waals surface area contributed by atoms with Crippen LogP contribution in [0.4, 0.5) is 0 Å². The molecule has 2 rings (SSSR count). The van der Waals surface area contributed by atoms with E-state index in [1.165, 1.54) is 16.0 Å². The van der Waals surface area contributed by atoms with Crippen LogP contribution in [0.2, 0.25) is 5.02 Å². The summed E-state index contributed by atoms with van der Waals surface area (Å²) in [6, 6.07) is 2.49. The summed E-state index contributed by atoms with van der Waals surface area (Å²) in [4.78, 5) is 1.24. The van der Waals surface area contributed by atoms with Crippen molar-refractivity contribution in [3.63, 3.8) is 0 Å². The quantitative estimate of drug-likeness (QED) is 0.875. The first kappa shape index (κ1) is 12.1. The van der Waals surface area contributed by atoms with E-state index >= 15 is 0 Å². The highest BCUT2D eigenvalue weighted by atomic mass is 35.5. The van der Waals surface area contributed by atoms with Crippen LogP contribution in [-0.4, -0.2) is 7.05 Å². The van der Waals surface area contributed by atoms with Crippen LogP contribution in [0.1, 0.15) is 22.0 Å². The van der Waals surface area contributed by atoms with E-state index < -0.39 is 0 Å². The van der Waals surface area contributed by atoms with Crippen molar-refractivity contribution in [3.05, 3.63) is 43.2 Å². The number of likely N-dealkylation sites (N-methyl/N-ethyl adjacent to an activating group) is 1. The van der Waals surface area contributed by atoms with Crippen LogP contribution in [0, 0.1) is 6.92 Å². The van der Waals surface area contributed by atoms with Gasteiger partial charge in [0.25, 0.3) is 0 Å². The first-order valence-electron chi connectivity index (χ1n) is 5.14. The molecule has 1 atom stereocenters. The maximum atomic E-state index is 6.30. The van der Waals surface area contributed by atoms with Crippen LogP contribution >= 0.6 is 34.3 Å². The highest BCUT2D eigenvalue weighted by Crippen LogP contribution is 2.34. The van der Waals surface area contributed by atoms with Gasteiger partial charge < -0.3 is 5.32 Å². The van der Waals surface area contributed by atoms with Gasteiger partial charge in [-0.15, -0.1) is 11.3 Å². The van der Waals surface area contributed by atoms with Crippen molar-refractivity contribution in [2.45, 2.75) is 19.4 Å². The highest BCUT2D eigenvalue weighted by molar-refractivity contribution is 7.10. The summed E-state index contributed by atoms with van der Waals surface area (Å²) >= 11 is 9.77. The van der Waals surface area contributed by atoms with E-state index in [2.05, 4.69) is 34.4 Å². The second-order valence-corrected chi connectivity index (χ2v) is 5.84. The van der Waals surface area contributed by atoms with Crippen molar-refractivity contribution >= 4 is 34.3 Å². The number of thiophene rings is 2. The fraction of sp³-hybridized carbons (Fsp3) is 0.333. The molecule has 0 spiro atoms. The summed E-state index contributed by atoms with van der Waals surface area (Å²) in [5.41, 5.74) is 2.54. The van der Waals surface area contributed by atoms with Crippen LogP contribution in [-0.2, 0) is 6.42 Å². The molecule has 2 aromatic rings. The van der Waals surface area contributed by atoms with Gasteiger partial charge in [-0.2, -0.15) is 11.3 Å². The third-order valence-corrected chi connectivity index (χ3v) is 5.17. The maximum Gasteiger partial charge on any atom is 0.0590 e. The number of hydrogen-bond acceptors (Lipinski definition) is 3. The summed E-state index contributed by atoms with van der Waals surface area (Å²) in [5, 5.41) is 10.7. The van der Waals surface area contributed by atoms with Crippen molar-refractivity contribution in [3.8, 4) is 0 Å². The third-order valence-electron chi connectivity index (χ3n) is 2.61. The lowest BCUT2D eigenvalue weighted by atomic mass is 10.1. The number of halogens is 1. The van der Waals surface area contributed by atoms with Gasteiger partial charge in [-0.05, 0) is 53.7 Å². The van der Waals surface area contributed by atoms with Gasteiger partial charge in [0, 0.05) is 10.9 Å².